The maximum atomic E-state index is 13.7. The van der Waals surface area contributed by atoms with Crippen molar-refractivity contribution in [3.05, 3.63) is 40.0 Å². The van der Waals surface area contributed by atoms with Crippen LogP contribution in [0.5, 0.6) is 0 Å². The van der Waals surface area contributed by atoms with Gasteiger partial charge in [0.15, 0.2) is 12.5 Å². The van der Waals surface area contributed by atoms with E-state index in [2.05, 4.69) is 4.98 Å². The maximum absolute atomic E-state index is 13.7. The standard InChI is InChI=1S/C15H17FN5O2/c16-12-2-1-4-20(12)15(22)11-6-9-3-5-19(14(9)18-11)10-7-13(17)21(23)8-10/h6-8,12-13,17-18H,1-5H2/q-1/t12-,13?/m0/s1. The summed E-state index contributed by atoms with van der Waals surface area (Å²) in [6.07, 6.45) is 2.64. The number of carbonyl (C=O) groups is 1. The van der Waals surface area contributed by atoms with Crippen molar-refractivity contribution in [1.82, 2.24) is 9.88 Å². The lowest BCUT2D eigenvalue weighted by Gasteiger charge is -2.19. The zero-order chi connectivity index (χ0) is 16.1. The lowest BCUT2D eigenvalue weighted by atomic mass is 10.2. The summed E-state index contributed by atoms with van der Waals surface area (Å²) in [7, 11) is 0. The number of likely N-dealkylation sites (tertiary alicyclic amines) is 1. The molecule has 1 aromatic rings. The molecule has 23 heavy (non-hydrogen) atoms. The molecule has 1 amide bonds. The summed E-state index contributed by atoms with van der Waals surface area (Å²) in [4.78, 5) is 18.6. The van der Waals surface area contributed by atoms with Gasteiger partial charge in [-0.15, -0.1) is 0 Å². The van der Waals surface area contributed by atoms with Crippen LogP contribution in [0.15, 0.2) is 17.8 Å². The Bertz CT molecular complexity index is 725. The SMILES string of the molecule is [NH-]C1C=C(N2CCc3cc(C(=O)N4CCC[C@H]4F)[nH]c32)C=[N+]1[O-]. The Morgan fingerprint density at radius 3 is 2.96 bits per heavy atom. The topological polar surface area (TPSA) is 89.2 Å². The zero-order valence-electron chi connectivity index (χ0n) is 12.5. The number of alkyl halides is 1. The summed E-state index contributed by atoms with van der Waals surface area (Å²) >= 11 is 0. The second kappa shape index (κ2) is 5.09. The number of H-pyrrole nitrogens is 1. The number of nitrogens with zero attached hydrogens (tertiary/aromatic N) is 3. The molecule has 0 saturated carbocycles. The Morgan fingerprint density at radius 2 is 2.30 bits per heavy atom. The molecule has 0 bridgehead atoms. The van der Waals surface area contributed by atoms with Crippen LogP contribution in [0.1, 0.15) is 28.9 Å². The molecule has 7 nitrogen and oxygen atoms in total. The van der Waals surface area contributed by atoms with E-state index in [1.54, 1.807) is 12.1 Å². The normalized spacial score (nSPS) is 26.5. The molecule has 3 aliphatic rings. The molecule has 0 aromatic carbocycles. The number of aromatic nitrogens is 1. The monoisotopic (exact) mass is 318 g/mol. The zero-order valence-corrected chi connectivity index (χ0v) is 12.5. The van der Waals surface area contributed by atoms with Crippen LogP contribution < -0.4 is 4.90 Å². The average molecular weight is 318 g/mol. The number of fused-ring (bicyclic) bond motifs is 1. The van der Waals surface area contributed by atoms with Gasteiger partial charge >= 0.3 is 0 Å². The first-order valence-corrected chi connectivity index (χ1v) is 7.72. The highest BCUT2D eigenvalue weighted by molar-refractivity contribution is 5.95. The summed E-state index contributed by atoms with van der Waals surface area (Å²) in [5.41, 5.74) is 9.60. The first kappa shape index (κ1) is 14.3. The molecule has 3 aliphatic heterocycles. The van der Waals surface area contributed by atoms with Crippen LogP contribution in [0.3, 0.4) is 0 Å². The number of nitrogens with one attached hydrogen (secondary N) is 2. The van der Waals surface area contributed by atoms with Crippen LogP contribution in [0.2, 0.25) is 0 Å². The minimum absolute atomic E-state index is 0.322. The molecule has 2 atom stereocenters. The molecule has 4 rings (SSSR count). The predicted octanol–water partition coefficient (Wildman–Crippen LogP) is 1.77. The van der Waals surface area contributed by atoms with Gasteiger partial charge in [0.1, 0.15) is 23.4 Å². The highest BCUT2D eigenvalue weighted by Gasteiger charge is 2.33. The molecule has 1 aromatic heterocycles. The average Bonchev–Trinajstić information content (AvgIpc) is 3.23. The molecule has 0 radical (unpaired) electrons. The minimum Gasteiger partial charge on any atom is -0.625 e. The minimum atomic E-state index is -1.21. The summed E-state index contributed by atoms with van der Waals surface area (Å²) in [6, 6.07) is 1.77. The van der Waals surface area contributed by atoms with Gasteiger partial charge in [0.25, 0.3) is 5.91 Å². The van der Waals surface area contributed by atoms with Gasteiger partial charge in [-0.25, -0.2) is 9.13 Å². The number of halogens is 1. The molecular formula is C15H17FN5O2-. The van der Waals surface area contributed by atoms with Crippen molar-refractivity contribution in [1.29, 1.82) is 0 Å². The molecule has 2 N–H and O–H groups in total. The molecule has 1 saturated heterocycles. The van der Waals surface area contributed by atoms with Crippen molar-refractivity contribution in [2.24, 2.45) is 0 Å². The van der Waals surface area contributed by atoms with Gasteiger partial charge in [-0.2, -0.15) is 0 Å². The quantitative estimate of drug-likeness (QED) is 0.512. The van der Waals surface area contributed by atoms with Crippen LogP contribution in [0, 0.1) is 5.21 Å². The van der Waals surface area contributed by atoms with Crippen LogP contribution in [0.25, 0.3) is 5.73 Å². The predicted molar refractivity (Wildman–Crippen MR) is 82.9 cm³/mol. The van der Waals surface area contributed by atoms with Gasteiger partial charge in [0.2, 0.25) is 0 Å². The van der Waals surface area contributed by atoms with Gasteiger partial charge in [0.05, 0.1) is 0 Å². The number of carbonyl (C=O) groups excluding carboxylic acids is 1. The molecule has 8 heteroatoms. The summed E-state index contributed by atoms with van der Waals surface area (Å²) < 4.78 is 14.3. The van der Waals surface area contributed by atoms with Gasteiger partial charge < -0.3 is 25.7 Å². The van der Waals surface area contributed by atoms with E-state index in [4.69, 9.17) is 5.73 Å². The van der Waals surface area contributed by atoms with Gasteiger partial charge in [-0.3, -0.25) is 4.79 Å². The number of hydrogen-bond donors (Lipinski definition) is 1. The first-order valence-electron chi connectivity index (χ1n) is 7.72. The van der Waals surface area contributed by atoms with Crippen molar-refractivity contribution in [2.45, 2.75) is 31.7 Å². The van der Waals surface area contributed by atoms with Crippen LogP contribution >= 0.6 is 0 Å². The highest BCUT2D eigenvalue weighted by atomic mass is 19.1. The fourth-order valence-electron chi connectivity index (χ4n) is 3.39. The molecule has 1 unspecified atom stereocenters. The Balaban J connectivity index is 1.60. The molecule has 0 aliphatic carbocycles. The summed E-state index contributed by atoms with van der Waals surface area (Å²) in [5, 5.41) is 11.5. The second-order valence-electron chi connectivity index (χ2n) is 6.06. The van der Waals surface area contributed by atoms with Crippen molar-refractivity contribution in [2.75, 3.05) is 18.0 Å². The number of hydroxylamine groups is 1. The largest absolute Gasteiger partial charge is 0.625 e. The van der Waals surface area contributed by atoms with E-state index in [-0.39, 0.29) is 5.91 Å². The number of aromatic amines is 1. The van der Waals surface area contributed by atoms with Gasteiger partial charge in [-0.05, 0) is 37.0 Å². The second-order valence-corrected chi connectivity index (χ2v) is 6.06. The Kier molecular flexibility index (Phi) is 3.15. The molecule has 122 valence electrons. The lowest BCUT2D eigenvalue weighted by Crippen LogP contribution is -2.33. The maximum Gasteiger partial charge on any atom is 0.272 e. The van der Waals surface area contributed by atoms with Crippen molar-refractivity contribution >= 4 is 17.9 Å². The third kappa shape index (κ3) is 2.21. The third-order valence-corrected chi connectivity index (χ3v) is 4.60. The number of amides is 1. The molecule has 0 spiro atoms. The number of anilines is 1. The van der Waals surface area contributed by atoms with E-state index in [1.165, 1.54) is 11.1 Å². The lowest BCUT2D eigenvalue weighted by molar-refractivity contribution is -0.465. The van der Waals surface area contributed by atoms with Gasteiger partial charge in [-0.1, -0.05) is 0 Å². The first-order chi connectivity index (χ1) is 11.0. The Hall–Kier alpha value is -2.35. The van der Waals surface area contributed by atoms with E-state index in [9.17, 15) is 14.4 Å². The van der Waals surface area contributed by atoms with Crippen LogP contribution in [0.4, 0.5) is 10.2 Å². The van der Waals surface area contributed by atoms with Crippen molar-refractivity contribution in [3.8, 4) is 0 Å². The summed E-state index contributed by atoms with van der Waals surface area (Å²) in [5.74, 6) is 0.436. The van der Waals surface area contributed by atoms with Crippen molar-refractivity contribution in [3.63, 3.8) is 0 Å². The van der Waals surface area contributed by atoms with E-state index in [0.29, 0.717) is 42.1 Å². The number of rotatable bonds is 2. The number of allylic oxidation sites excluding steroid dienone is 1. The Labute approximate surface area is 132 Å². The molecule has 1 fully saturated rings. The highest BCUT2D eigenvalue weighted by Crippen LogP contribution is 2.33. The molecule has 4 heterocycles. The fraction of sp³-hybridized carbons (Fsp3) is 0.467. The van der Waals surface area contributed by atoms with Crippen LogP contribution in [-0.4, -0.2) is 52.3 Å². The fourth-order valence-corrected chi connectivity index (χ4v) is 3.39. The van der Waals surface area contributed by atoms with E-state index in [0.717, 1.165) is 17.8 Å². The summed E-state index contributed by atoms with van der Waals surface area (Å²) in [6.45, 7) is 1.13. The third-order valence-electron chi connectivity index (χ3n) is 4.60. The smallest absolute Gasteiger partial charge is 0.272 e. The van der Waals surface area contributed by atoms with Crippen LogP contribution in [-0.2, 0) is 6.42 Å². The molecular weight excluding hydrogens is 301 g/mol. The Morgan fingerprint density at radius 1 is 1.48 bits per heavy atom. The van der Waals surface area contributed by atoms with Crippen molar-refractivity contribution < 1.29 is 13.9 Å². The van der Waals surface area contributed by atoms with E-state index in [1.807, 2.05) is 4.90 Å². The van der Waals surface area contributed by atoms with Gasteiger partial charge in [0, 0.05) is 13.1 Å². The van der Waals surface area contributed by atoms with E-state index < -0.39 is 12.5 Å². The van der Waals surface area contributed by atoms with E-state index >= 15 is 0 Å². The number of hydrogen-bond acceptors (Lipinski definition) is 3.